The van der Waals surface area contributed by atoms with Crippen molar-refractivity contribution in [1.82, 2.24) is 24.5 Å². The van der Waals surface area contributed by atoms with Gasteiger partial charge in [0.05, 0.1) is 28.6 Å². The van der Waals surface area contributed by atoms with Gasteiger partial charge in [-0.3, -0.25) is 9.30 Å². The number of hydrogen-bond donors (Lipinski definition) is 1. The lowest BCUT2D eigenvalue weighted by Gasteiger charge is -2.34. The second-order valence-corrected chi connectivity index (χ2v) is 7.09. The van der Waals surface area contributed by atoms with Crippen molar-refractivity contribution in [3.63, 3.8) is 0 Å². The van der Waals surface area contributed by atoms with Crippen molar-refractivity contribution in [1.29, 1.82) is 0 Å². The summed E-state index contributed by atoms with van der Waals surface area (Å²) < 4.78 is 9.13. The molecule has 0 radical (unpaired) electrons. The second-order valence-electron chi connectivity index (χ2n) is 6.08. The summed E-state index contributed by atoms with van der Waals surface area (Å²) >= 11 is 1.65. The number of aliphatic hydroxyl groups is 1. The Balaban J connectivity index is 1.58. The minimum Gasteiger partial charge on any atom is -0.418 e. The van der Waals surface area contributed by atoms with Gasteiger partial charge in [-0.05, 0) is 19.1 Å². The number of benzene rings is 1. The van der Waals surface area contributed by atoms with Gasteiger partial charge in [0.15, 0.2) is 4.96 Å². The quantitative estimate of drug-likeness (QED) is 0.615. The highest BCUT2D eigenvalue weighted by atomic mass is 32.1. The molecular weight excluding hydrogens is 326 g/mol. The zero-order valence-corrected chi connectivity index (χ0v) is 13.8. The molecule has 1 saturated heterocycles. The van der Waals surface area contributed by atoms with E-state index in [0.29, 0.717) is 31.4 Å². The van der Waals surface area contributed by atoms with Crippen molar-refractivity contribution >= 4 is 26.5 Å². The van der Waals surface area contributed by atoms with Crippen molar-refractivity contribution in [3.8, 4) is 11.6 Å². The lowest BCUT2D eigenvalue weighted by atomic mass is 10.2. The molecule has 1 fully saturated rings. The van der Waals surface area contributed by atoms with Gasteiger partial charge in [0, 0.05) is 13.1 Å². The molecule has 1 aliphatic rings. The van der Waals surface area contributed by atoms with E-state index in [1.807, 2.05) is 19.1 Å². The summed E-state index contributed by atoms with van der Waals surface area (Å²) in [4.78, 5) is 7.64. The normalized spacial score (nSPS) is 16.2. The predicted molar refractivity (Wildman–Crippen MR) is 89.9 cm³/mol. The van der Waals surface area contributed by atoms with Gasteiger partial charge in [-0.1, -0.05) is 23.5 Å². The van der Waals surface area contributed by atoms with Crippen LogP contribution in [0.2, 0.25) is 0 Å². The third kappa shape index (κ3) is 2.07. The third-order valence-corrected chi connectivity index (χ3v) is 5.32. The molecule has 1 aliphatic heterocycles. The molecule has 8 heteroatoms. The van der Waals surface area contributed by atoms with Gasteiger partial charge in [0.2, 0.25) is 5.89 Å². The first-order valence-electron chi connectivity index (χ1n) is 7.79. The molecule has 24 heavy (non-hydrogen) atoms. The van der Waals surface area contributed by atoms with Crippen LogP contribution in [0.5, 0.6) is 0 Å². The van der Waals surface area contributed by atoms with E-state index in [0.717, 1.165) is 21.9 Å². The van der Waals surface area contributed by atoms with E-state index in [-0.39, 0.29) is 6.10 Å². The molecule has 5 rings (SSSR count). The van der Waals surface area contributed by atoms with Crippen LogP contribution in [0.1, 0.15) is 11.6 Å². The van der Waals surface area contributed by atoms with Crippen LogP contribution in [0.4, 0.5) is 0 Å². The van der Waals surface area contributed by atoms with Crippen LogP contribution in [0.15, 0.2) is 28.7 Å². The number of para-hydroxylation sites is 1. The molecule has 4 heterocycles. The molecule has 4 aromatic rings. The van der Waals surface area contributed by atoms with E-state index in [1.54, 1.807) is 11.3 Å². The molecule has 0 spiro atoms. The van der Waals surface area contributed by atoms with Gasteiger partial charge in [0.1, 0.15) is 5.69 Å². The second kappa shape index (κ2) is 5.10. The maximum absolute atomic E-state index is 9.36. The Morgan fingerprint density at radius 1 is 1.29 bits per heavy atom. The number of aliphatic hydroxyl groups excluding tert-OH is 1. The van der Waals surface area contributed by atoms with Gasteiger partial charge in [-0.15, -0.1) is 10.2 Å². The van der Waals surface area contributed by atoms with Gasteiger partial charge >= 0.3 is 0 Å². The molecule has 0 unspecified atom stereocenters. The fourth-order valence-corrected chi connectivity index (χ4v) is 4.22. The van der Waals surface area contributed by atoms with E-state index >= 15 is 0 Å². The van der Waals surface area contributed by atoms with E-state index in [2.05, 4.69) is 36.6 Å². The number of rotatable bonds is 3. The monoisotopic (exact) mass is 341 g/mol. The first-order chi connectivity index (χ1) is 11.7. The number of β-amino-alcohol motifs (C(OH)–C–C–N with tert-alkyl or cyclic N) is 1. The number of likely N-dealkylation sites (tertiary alicyclic amines) is 1. The number of aryl methyl sites for hydroxylation is 1. The average molecular weight is 341 g/mol. The van der Waals surface area contributed by atoms with Crippen LogP contribution in [-0.4, -0.2) is 48.8 Å². The Hall–Kier alpha value is -2.29. The summed E-state index contributed by atoms with van der Waals surface area (Å²) in [6, 6.07) is 8.20. The molecule has 0 bridgehead atoms. The van der Waals surface area contributed by atoms with Crippen molar-refractivity contribution in [2.75, 3.05) is 13.1 Å². The molecule has 0 aliphatic carbocycles. The molecule has 1 N–H and O–H groups in total. The fraction of sp³-hybridized carbons (Fsp3) is 0.312. The zero-order chi connectivity index (χ0) is 16.3. The SMILES string of the molecule is Cc1nc2sc3ccccc3n2c1-c1nnc(CN2CC(O)C2)o1. The van der Waals surface area contributed by atoms with Gasteiger partial charge in [0.25, 0.3) is 5.89 Å². The Bertz CT molecular complexity index is 1040. The molecule has 7 nitrogen and oxygen atoms in total. The Morgan fingerprint density at radius 2 is 2.12 bits per heavy atom. The van der Waals surface area contributed by atoms with Crippen LogP contribution < -0.4 is 0 Å². The van der Waals surface area contributed by atoms with Crippen LogP contribution in [-0.2, 0) is 6.54 Å². The number of hydrogen-bond acceptors (Lipinski definition) is 7. The van der Waals surface area contributed by atoms with Crippen LogP contribution in [0, 0.1) is 6.92 Å². The number of thiazole rings is 1. The first kappa shape index (κ1) is 14.1. The number of imidazole rings is 1. The zero-order valence-electron chi connectivity index (χ0n) is 13.0. The molecule has 0 amide bonds. The highest BCUT2D eigenvalue weighted by molar-refractivity contribution is 7.23. The first-order valence-corrected chi connectivity index (χ1v) is 8.60. The average Bonchev–Trinajstić information content (AvgIpc) is 3.19. The molecule has 1 aromatic carbocycles. The Kier molecular flexibility index (Phi) is 2.99. The van der Waals surface area contributed by atoms with Crippen LogP contribution >= 0.6 is 11.3 Å². The highest BCUT2D eigenvalue weighted by Gasteiger charge is 2.27. The minimum absolute atomic E-state index is 0.235. The summed E-state index contributed by atoms with van der Waals surface area (Å²) in [7, 11) is 0. The fourth-order valence-electron chi connectivity index (χ4n) is 3.15. The van der Waals surface area contributed by atoms with Gasteiger partial charge in [-0.2, -0.15) is 0 Å². The largest absolute Gasteiger partial charge is 0.418 e. The number of aromatic nitrogens is 4. The molecule has 0 saturated carbocycles. The summed E-state index contributed by atoms with van der Waals surface area (Å²) in [6.45, 7) is 3.83. The third-order valence-electron chi connectivity index (χ3n) is 4.29. The van der Waals surface area contributed by atoms with E-state index in [9.17, 15) is 5.11 Å². The number of fused-ring (bicyclic) bond motifs is 3. The lowest BCUT2D eigenvalue weighted by Crippen LogP contribution is -2.49. The molecule has 3 aromatic heterocycles. The van der Waals surface area contributed by atoms with Crippen LogP contribution in [0.3, 0.4) is 0 Å². The summed E-state index contributed by atoms with van der Waals surface area (Å²) in [5.74, 6) is 1.05. The predicted octanol–water partition coefficient (Wildman–Crippen LogP) is 2.08. The molecular formula is C16H15N5O2S. The van der Waals surface area contributed by atoms with Gasteiger partial charge < -0.3 is 9.52 Å². The van der Waals surface area contributed by atoms with E-state index in [4.69, 9.17) is 4.42 Å². The molecule has 122 valence electrons. The van der Waals surface area contributed by atoms with E-state index < -0.39 is 0 Å². The van der Waals surface area contributed by atoms with Crippen molar-refractivity contribution < 1.29 is 9.52 Å². The summed E-state index contributed by atoms with van der Waals surface area (Å²) in [6.07, 6.45) is -0.235. The van der Waals surface area contributed by atoms with E-state index in [1.165, 1.54) is 4.70 Å². The van der Waals surface area contributed by atoms with Gasteiger partial charge in [-0.25, -0.2) is 4.98 Å². The van der Waals surface area contributed by atoms with Crippen molar-refractivity contribution in [2.24, 2.45) is 0 Å². The van der Waals surface area contributed by atoms with Crippen molar-refractivity contribution in [2.45, 2.75) is 19.6 Å². The minimum atomic E-state index is -0.235. The summed E-state index contributed by atoms with van der Waals surface area (Å²) in [5.41, 5.74) is 2.82. The smallest absolute Gasteiger partial charge is 0.266 e. The van der Waals surface area contributed by atoms with Crippen molar-refractivity contribution in [3.05, 3.63) is 35.9 Å². The maximum atomic E-state index is 9.36. The Labute approximate surface area is 141 Å². The standard InChI is InChI=1S/C16H15N5O2S/c1-9-14(15-19-18-13(23-15)8-20-6-10(22)7-20)21-11-4-2-3-5-12(11)24-16(21)17-9/h2-5,10,22H,6-8H2,1H3. The summed E-state index contributed by atoms with van der Waals surface area (Å²) in [5, 5.41) is 17.7. The highest BCUT2D eigenvalue weighted by Crippen LogP contribution is 2.33. The lowest BCUT2D eigenvalue weighted by molar-refractivity contribution is -0.00713. The van der Waals surface area contributed by atoms with Crippen LogP contribution in [0.25, 0.3) is 26.8 Å². The Morgan fingerprint density at radius 3 is 2.96 bits per heavy atom. The molecule has 0 atom stereocenters. The topological polar surface area (TPSA) is 79.7 Å². The number of nitrogens with zero attached hydrogens (tertiary/aromatic N) is 5. The maximum Gasteiger partial charge on any atom is 0.266 e.